The van der Waals surface area contributed by atoms with Gasteiger partial charge in [-0.3, -0.25) is 24.0 Å². The monoisotopic (exact) mass is 727 g/mol. The van der Waals surface area contributed by atoms with Crippen LogP contribution in [0.1, 0.15) is 79.7 Å². The van der Waals surface area contributed by atoms with E-state index in [4.69, 9.17) is 9.47 Å². The molecule has 0 saturated carbocycles. The van der Waals surface area contributed by atoms with Gasteiger partial charge in [-0.1, -0.05) is 70.5 Å². The molecule has 1 aliphatic rings. The Hall–Kier alpha value is -4.75. The maximum absolute atomic E-state index is 14.0. The zero-order chi connectivity index (χ0) is 39.1. The lowest BCUT2D eigenvalue weighted by Crippen LogP contribution is -2.57. The van der Waals surface area contributed by atoms with Crippen molar-refractivity contribution in [3.8, 4) is 0 Å². The highest BCUT2D eigenvalue weighted by atomic mass is 16.5. The second-order valence-corrected chi connectivity index (χ2v) is 14.0. The number of cyclic esters (lactones) is 2. The number of nitrogens with zero attached hydrogens (tertiary/aromatic N) is 2. The lowest BCUT2D eigenvalue weighted by Gasteiger charge is -2.33. The zero-order valence-electron chi connectivity index (χ0n) is 32.0. The fraction of sp³-hybridized carbons (Fsp3) is 0.605. The summed E-state index contributed by atoms with van der Waals surface area (Å²) in [5, 5.41) is 7.98. The fourth-order valence-corrected chi connectivity index (χ4v) is 5.53. The molecule has 1 aromatic carbocycles. The maximum Gasteiger partial charge on any atom is 0.334 e. The molecule has 0 saturated heterocycles. The average Bonchev–Trinajstić information content (AvgIpc) is 3.10. The van der Waals surface area contributed by atoms with Gasteiger partial charge in [0.05, 0.1) is 13.2 Å². The zero-order valence-corrected chi connectivity index (χ0v) is 32.0. The Labute approximate surface area is 307 Å². The highest BCUT2D eigenvalue weighted by molar-refractivity contribution is 5.96. The van der Waals surface area contributed by atoms with E-state index < -0.39 is 78.3 Å². The Bertz CT molecular complexity index is 1450. The minimum atomic E-state index is -1.19. The second kappa shape index (κ2) is 20.9. The van der Waals surface area contributed by atoms with E-state index in [1.54, 1.807) is 32.1 Å². The first-order chi connectivity index (χ1) is 24.5. The van der Waals surface area contributed by atoms with Gasteiger partial charge in [0, 0.05) is 26.1 Å². The molecule has 1 heterocycles. The highest BCUT2D eigenvalue weighted by Crippen LogP contribution is 2.16. The van der Waals surface area contributed by atoms with Gasteiger partial charge in [0.25, 0.3) is 5.91 Å². The predicted molar refractivity (Wildman–Crippen MR) is 194 cm³/mol. The second-order valence-electron chi connectivity index (χ2n) is 14.0. The minimum absolute atomic E-state index is 0.0216. The summed E-state index contributed by atoms with van der Waals surface area (Å²) >= 11 is 0. The van der Waals surface area contributed by atoms with E-state index in [1.165, 1.54) is 37.7 Å². The molecule has 5 amide bonds. The third-order valence-corrected chi connectivity index (χ3v) is 8.98. The lowest BCUT2D eigenvalue weighted by atomic mass is 9.98. The third kappa shape index (κ3) is 13.4. The number of nitrogens with one attached hydrogen (secondary N) is 3. The summed E-state index contributed by atoms with van der Waals surface area (Å²) < 4.78 is 10.9. The number of hydrogen-bond acceptors (Lipinski definition) is 9. The number of likely N-dealkylation sites (N-methyl/N-ethyl adjacent to an activating group) is 2. The van der Waals surface area contributed by atoms with E-state index in [2.05, 4.69) is 16.0 Å². The van der Waals surface area contributed by atoms with E-state index in [9.17, 15) is 33.6 Å². The standard InChI is InChI=1S/C38H57N5O9/c1-10-24(4)32-34(46)40-27(7)38(50)51-19-15-14-16-25(5)37(49)52-30(20-23(2)3)33(45)39-26(6)35(47)43(9)29(21-28-17-12-11-13-18-28)36(48)42(8)22-31(44)41-32/h11-13,16-18,23-24,26-27,29-30,32H,10,14-15,19-22H2,1-9H3,(H,39,45)(H,40,46)(H,41,44)/b25-16+/t24-,26-,27-,29+,30+,32-/m0/s1. The van der Waals surface area contributed by atoms with Crippen molar-refractivity contribution in [1.82, 2.24) is 25.8 Å². The van der Waals surface area contributed by atoms with Crippen molar-refractivity contribution in [2.75, 3.05) is 27.2 Å². The lowest BCUT2D eigenvalue weighted by molar-refractivity contribution is -0.154. The van der Waals surface area contributed by atoms with Crippen molar-refractivity contribution in [3.05, 3.63) is 47.5 Å². The number of hydrogen-bond donors (Lipinski definition) is 3. The van der Waals surface area contributed by atoms with Crippen molar-refractivity contribution in [1.29, 1.82) is 0 Å². The molecule has 3 N–H and O–H groups in total. The molecule has 0 aromatic heterocycles. The first-order valence-corrected chi connectivity index (χ1v) is 18.0. The van der Waals surface area contributed by atoms with Crippen LogP contribution in [0.25, 0.3) is 0 Å². The number of carbonyl (C=O) groups excluding carboxylic acids is 7. The highest BCUT2D eigenvalue weighted by Gasteiger charge is 2.35. The molecule has 1 aromatic rings. The van der Waals surface area contributed by atoms with Crippen molar-refractivity contribution < 1.29 is 43.0 Å². The summed E-state index contributed by atoms with van der Waals surface area (Å²) in [6.07, 6.45) is 2.02. The van der Waals surface area contributed by atoms with Gasteiger partial charge in [0.2, 0.25) is 23.6 Å². The van der Waals surface area contributed by atoms with Crippen LogP contribution in [0.2, 0.25) is 0 Å². The number of ether oxygens (including phenoxy) is 2. The Morgan fingerprint density at radius 2 is 1.50 bits per heavy atom. The number of rotatable bonds is 6. The number of carbonyl (C=O) groups is 7. The Morgan fingerprint density at radius 3 is 2.12 bits per heavy atom. The molecule has 0 aliphatic carbocycles. The Balaban J connectivity index is 2.48. The van der Waals surface area contributed by atoms with E-state index in [-0.39, 0.29) is 36.9 Å². The van der Waals surface area contributed by atoms with Crippen LogP contribution in [0.4, 0.5) is 0 Å². The number of allylic oxidation sites excluding steroid dienone is 1. The molecular formula is C38H57N5O9. The molecule has 6 atom stereocenters. The first kappa shape index (κ1) is 43.4. The number of benzene rings is 1. The van der Waals surface area contributed by atoms with Gasteiger partial charge >= 0.3 is 11.9 Å². The Morgan fingerprint density at radius 1 is 0.865 bits per heavy atom. The average molecular weight is 728 g/mol. The summed E-state index contributed by atoms with van der Waals surface area (Å²) in [6, 6.07) is 4.86. The van der Waals surface area contributed by atoms with Gasteiger partial charge in [-0.05, 0) is 57.4 Å². The van der Waals surface area contributed by atoms with Crippen LogP contribution in [0.3, 0.4) is 0 Å². The molecule has 0 unspecified atom stereocenters. The summed E-state index contributed by atoms with van der Waals surface area (Å²) in [5.41, 5.74) is 1.01. The molecule has 1 aliphatic heterocycles. The summed E-state index contributed by atoms with van der Waals surface area (Å²) in [5.74, 6) is -4.68. The van der Waals surface area contributed by atoms with Crippen LogP contribution in [-0.4, -0.2) is 109 Å². The van der Waals surface area contributed by atoms with E-state index >= 15 is 0 Å². The van der Waals surface area contributed by atoms with Crippen LogP contribution >= 0.6 is 0 Å². The summed E-state index contributed by atoms with van der Waals surface area (Å²) in [6.45, 7) is 11.5. The first-order valence-electron chi connectivity index (χ1n) is 18.0. The molecule has 52 heavy (non-hydrogen) atoms. The van der Waals surface area contributed by atoms with Crippen LogP contribution in [0, 0.1) is 11.8 Å². The van der Waals surface area contributed by atoms with Crippen LogP contribution in [-0.2, 0) is 49.5 Å². The molecule has 0 fully saturated rings. The van der Waals surface area contributed by atoms with Crippen LogP contribution in [0.15, 0.2) is 42.0 Å². The largest absolute Gasteiger partial charge is 0.464 e. The molecule has 0 spiro atoms. The third-order valence-electron chi connectivity index (χ3n) is 8.98. The molecule has 14 heteroatoms. The summed E-state index contributed by atoms with van der Waals surface area (Å²) in [7, 11) is 2.87. The molecule has 0 radical (unpaired) electrons. The van der Waals surface area contributed by atoms with Crippen molar-refractivity contribution in [2.24, 2.45) is 11.8 Å². The van der Waals surface area contributed by atoms with Crippen LogP contribution in [0.5, 0.6) is 0 Å². The topological polar surface area (TPSA) is 181 Å². The van der Waals surface area contributed by atoms with Crippen molar-refractivity contribution >= 4 is 41.5 Å². The van der Waals surface area contributed by atoms with E-state index in [0.29, 0.717) is 19.3 Å². The van der Waals surface area contributed by atoms with Crippen molar-refractivity contribution in [2.45, 2.75) is 111 Å². The molecule has 2 rings (SSSR count). The van der Waals surface area contributed by atoms with Gasteiger partial charge in [-0.25, -0.2) is 9.59 Å². The number of esters is 2. The SMILES string of the molecule is CC[C@H](C)[C@@H]1NC(=O)CN(C)C(=O)[C@@H](Cc2ccccc2)N(C)C(=O)[C@H](C)NC(=O)[C@@H](CC(C)C)OC(=O)/C(C)=C/CCCOC(=O)[C@H](C)NC1=O. The van der Waals surface area contributed by atoms with Gasteiger partial charge < -0.3 is 35.2 Å². The normalized spacial score (nSPS) is 26.2. The number of amides is 5. The van der Waals surface area contributed by atoms with Gasteiger partial charge in [-0.2, -0.15) is 0 Å². The molecule has 288 valence electrons. The molecular weight excluding hydrogens is 670 g/mol. The summed E-state index contributed by atoms with van der Waals surface area (Å²) in [4.78, 5) is 95.9. The quantitative estimate of drug-likeness (QED) is 0.371. The molecule has 0 bridgehead atoms. The molecule has 14 nitrogen and oxygen atoms in total. The van der Waals surface area contributed by atoms with E-state index in [0.717, 1.165) is 5.56 Å². The van der Waals surface area contributed by atoms with E-state index in [1.807, 2.05) is 39.0 Å². The smallest absolute Gasteiger partial charge is 0.334 e. The van der Waals surface area contributed by atoms with Crippen molar-refractivity contribution in [3.63, 3.8) is 0 Å². The fourth-order valence-electron chi connectivity index (χ4n) is 5.53. The van der Waals surface area contributed by atoms with Gasteiger partial charge in [0.1, 0.15) is 24.2 Å². The minimum Gasteiger partial charge on any atom is -0.464 e. The Kier molecular flexibility index (Phi) is 17.5. The predicted octanol–water partition coefficient (Wildman–Crippen LogP) is 2.30. The van der Waals surface area contributed by atoms with Gasteiger partial charge in [-0.15, -0.1) is 0 Å². The van der Waals surface area contributed by atoms with Crippen LogP contribution < -0.4 is 16.0 Å². The maximum atomic E-state index is 14.0. The van der Waals surface area contributed by atoms with Gasteiger partial charge in [0.15, 0.2) is 6.10 Å².